The van der Waals surface area contributed by atoms with E-state index in [2.05, 4.69) is 20.5 Å². The van der Waals surface area contributed by atoms with Crippen LogP contribution in [0.1, 0.15) is 46.1 Å². The Morgan fingerprint density at radius 1 is 1.18 bits per heavy atom. The Bertz CT molecular complexity index is 1440. The quantitative estimate of drug-likeness (QED) is 0.400. The molecule has 0 bridgehead atoms. The Hall–Kier alpha value is -3.38. The molecule has 4 rings (SSSR count). The second kappa shape index (κ2) is 8.76. The van der Waals surface area contributed by atoms with Crippen LogP contribution in [0.2, 0.25) is 5.02 Å². The molecule has 1 unspecified atom stereocenters. The first-order valence-corrected chi connectivity index (χ1v) is 11.3. The van der Waals surface area contributed by atoms with E-state index in [1.165, 1.54) is 23.1 Å². The van der Waals surface area contributed by atoms with E-state index in [0.717, 1.165) is 11.3 Å². The van der Waals surface area contributed by atoms with Gasteiger partial charge in [0.1, 0.15) is 21.4 Å². The van der Waals surface area contributed by atoms with Crippen molar-refractivity contribution in [2.45, 2.75) is 33.2 Å². The average molecular weight is 508 g/mol. The highest BCUT2D eigenvalue weighted by molar-refractivity contribution is 7.21. The highest BCUT2D eigenvalue weighted by Gasteiger charge is 2.28. The van der Waals surface area contributed by atoms with Crippen LogP contribution in [0.5, 0.6) is 0 Å². The zero-order valence-corrected chi connectivity index (χ0v) is 20.1. The van der Waals surface area contributed by atoms with Gasteiger partial charge in [0.2, 0.25) is 5.91 Å². The number of halogens is 3. The van der Waals surface area contributed by atoms with E-state index in [1.807, 2.05) is 0 Å². The molecule has 9 nitrogen and oxygen atoms in total. The van der Waals surface area contributed by atoms with Crippen LogP contribution in [0.15, 0.2) is 18.5 Å². The van der Waals surface area contributed by atoms with Gasteiger partial charge in [-0.3, -0.25) is 19.0 Å². The van der Waals surface area contributed by atoms with Gasteiger partial charge in [-0.2, -0.15) is 10.2 Å². The number of hydrogen-bond acceptors (Lipinski definition) is 6. The molecule has 4 aromatic heterocycles. The van der Waals surface area contributed by atoms with Gasteiger partial charge in [-0.1, -0.05) is 11.6 Å². The fourth-order valence-corrected chi connectivity index (χ4v) is 4.77. The van der Waals surface area contributed by atoms with Gasteiger partial charge in [0, 0.05) is 23.7 Å². The normalized spacial score (nSPS) is 12.5. The summed E-state index contributed by atoms with van der Waals surface area (Å²) in [4.78, 5) is 29.6. The number of thiophene rings is 1. The van der Waals surface area contributed by atoms with Crippen LogP contribution < -0.4 is 11.1 Å². The molecular formula is C21H20ClF2N7O2S. The van der Waals surface area contributed by atoms with Crippen molar-refractivity contribution in [3.63, 3.8) is 0 Å². The van der Waals surface area contributed by atoms with Crippen LogP contribution >= 0.6 is 22.9 Å². The number of hydrogen-bond donors (Lipinski definition) is 2. The Kier molecular flexibility index (Phi) is 6.13. The Morgan fingerprint density at radius 2 is 1.88 bits per heavy atom. The molecule has 2 amide bonds. The number of rotatable bonds is 6. The van der Waals surface area contributed by atoms with E-state index >= 15 is 0 Å². The van der Waals surface area contributed by atoms with Crippen molar-refractivity contribution < 1.29 is 18.4 Å². The van der Waals surface area contributed by atoms with Crippen molar-refractivity contribution in [3.05, 3.63) is 45.4 Å². The fourth-order valence-electron chi connectivity index (χ4n) is 3.63. The highest BCUT2D eigenvalue weighted by atomic mass is 35.5. The van der Waals surface area contributed by atoms with Crippen LogP contribution in [0, 0.1) is 13.8 Å². The Morgan fingerprint density at radius 3 is 2.41 bits per heavy atom. The minimum absolute atomic E-state index is 0.00696. The standard InChI is InChI=1S/C21H20ClF2N7O2S/c1-8-12(6-26-30(8)4)11-5-14(18(23)24)28-21-15(11)16(17(34-21)19(25)32)29-20(33)10(3)31-9(2)13(22)7-27-31/h5-7,10,18H,1-4H3,(H2,25,32)(H,29,33). The van der Waals surface area contributed by atoms with Gasteiger partial charge in [-0.15, -0.1) is 11.3 Å². The summed E-state index contributed by atoms with van der Waals surface area (Å²) in [5, 5.41) is 11.8. The summed E-state index contributed by atoms with van der Waals surface area (Å²) in [6.07, 6.45) is 0.114. The van der Waals surface area contributed by atoms with Gasteiger partial charge in [-0.05, 0) is 32.4 Å². The molecule has 0 fully saturated rings. The number of nitrogens with one attached hydrogen (secondary N) is 1. The van der Waals surface area contributed by atoms with Gasteiger partial charge in [0.15, 0.2) is 0 Å². The number of aryl methyl sites for hydroxylation is 1. The van der Waals surface area contributed by atoms with Crippen LogP contribution in [-0.4, -0.2) is 36.4 Å². The van der Waals surface area contributed by atoms with Crippen molar-refractivity contribution >= 4 is 50.7 Å². The number of fused-ring (bicyclic) bond motifs is 1. The zero-order chi connectivity index (χ0) is 24.9. The lowest BCUT2D eigenvalue weighted by atomic mass is 10.0. The zero-order valence-electron chi connectivity index (χ0n) is 18.6. The molecule has 1 atom stereocenters. The molecule has 0 aliphatic rings. The predicted octanol–water partition coefficient (Wildman–Crippen LogP) is 4.40. The van der Waals surface area contributed by atoms with Crippen LogP contribution in [-0.2, 0) is 11.8 Å². The summed E-state index contributed by atoms with van der Waals surface area (Å²) in [6, 6.07) is 0.449. The highest BCUT2D eigenvalue weighted by Crippen LogP contribution is 2.43. The third-order valence-corrected chi connectivity index (χ3v) is 7.10. The molecular weight excluding hydrogens is 488 g/mol. The van der Waals surface area contributed by atoms with Gasteiger partial charge < -0.3 is 11.1 Å². The molecule has 0 aliphatic heterocycles. The maximum Gasteiger partial charge on any atom is 0.280 e. The van der Waals surface area contributed by atoms with E-state index in [-0.39, 0.29) is 15.4 Å². The molecule has 4 aromatic rings. The fraction of sp³-hybridized carbons (Fsp3) is 0.286. The monoisotopic (exact) mass is 507 g/mol. The van der Waals surface area contributed by atoms with Gasteiger partial charge in [-0.25, -0.2) is 13.8 Å². The minimum atomic E-state index is -2.84. The lowest BCUT2D eigenvalue weighted by Crippen LogP contribution is -2.26. The van der Waals surface area contributed by atoms with Crippen LogP contribution in [0.3, 0.4) is 0 Å². The van der Waals surface area contributed by atoms with Crippen molar-refractivity contribution in [3.8, 4) is 11.1 Å². The second-order valence-electron chi connectivity index (χ2n) is 7.70. The lowest BCUT2D eigenvalue weighted by Gasteiger charge is -2.16. The summed E-state index contributed by atoms with van der Waals surface area (Å²) in [5.41, 5.74) is 7.43. The number of carbonyl (C=O) groups excluding carboxylic acids is 2. The first-order chi connectivity index (χ1) is 16.0. The van der Waals surface area contributed by atoms with Crippen molar-refractivity contribution in [1.82, 2.24) is 24.5 Å². The predicted molar refractivity (Wildman–Crippen MR) is 125 cm³/mol. The van der Waals surface area contributed by atoms with Crippen molar-refractivity contribution in [1.29, 1.82) is 0 Å². The SMILES string of the molecule is Cc1c(-c2cc(C(F)F)nc3sc(C(N)=O)c(NC(=O)C(C)n4ncc(Cl)c4C)c23)cnn1C. The molecule has 13 heteroatoms. The number of amides is 2. The number of carbonyl (C=O) groups is 2. The summed E-state index contributed by atoms with van der Waals surface area (Å²) in [6.45, 7) is 5.11. The number of anilines is 1. The first kappa shape index (κ1) is 23.8. The number of alkyl halides is 2. The number of primary amides is 1. The van der Waals surface area contributed by atoms with Crippen LogP contribution in [0.4, 0.5) is 14.5 Å². The van der Waals surface area contributed by atoms with Crippen molar-refractivity contribution in [2.24, 2.45) is 12.8 Å². The Labute approximate surface area is 201 Å². The average Bonchev–Trinajstić information content (AvgIpc) is 3.43. The van der Waals surface area contributed by atoms with E-state index in [0.29, 0.717) is 32.9 Å². The molecule has 178 valence electrons. The summed E-state index contributed by atoms with van der Waals surface area (Å²) in [7, 11) is 1.72. The molecule has 0 aromatic carbocycles. The summed E-state index contributed by atoms with van der Waals surface area (Å²) >= 11 is 6.90. The maximum atomic E-state index is 13.6. The molecule has 34 heavy (non-hydrogen) atoms. The van der Waals surface area contributed by atoms with Crippen molar-refractivity contribution in [2.75, 3.05) is 5.32 Å². The smallest absolute Gasteiger partial charge is 0.280 e. The first-order valence-electron chi connectivity index (χ1n) is 10.1. The number of nitrogens with two attached hydrogens (primary N) is 1. The second-order valence-corrected chi connectivity index (χ2v) is 9.11. The summed E-state index contributed by atoms with van der Waals surface area (Å²) < 4.78 is 30.3. The number of pyridine rings is 1. The molecule has 0 saturated heterocycles. The topological polar surface area (TPSA) is 121 Å². The minimum Gasteiger partial charge on any atom is -0.365 e. The molecule has 0 radical (unpaired) electrons. The third kappa shape index (κ3) is 3.92. The molecule has 4 heterocycles. The molecule has 0 spiro atoms. The van der Waals surface area contributed by atoms with E-state index < -0.39 is 30.0 Å². The number of nitrogens with zero attached hydrogens (tertiary/aromatic N) is 5. The van der Waals surface area contributed by atoms with E-state index in [1.54, 1.807) is 32.5 Å². The maximum absolute atomic E-state index is 13.6. The molecule has 0 aliphatic carbocycles. The Balaban J connectivity index is 1.92. The van der Waals surface area contributed by atoms with E-state index in [4.69, 9.17) is 17.3 Å². The van der Waals surface area contributed by atoms with Gasteiger partial charge >= 0.3 is 0 Å². The van der Waals surface area contributed by atoms with Gasteiger partial charge in [0.05, 0.1) is 28.8 Å². The third-order valence-electron chi connectivity index (χ3n) is 5.63. The van der Waals surface area contributed by atoms with Gasteiger partial charge in [0.25, 0.3) is 12.3 Å². The largest absolute Gasteiger partial charge is 0.365 e. The van der Waals surface area contributed by atoms with Crippen LogP contribution in [0.25, 0.3) is 21.3 Å². The summed E-state index contributed by atoms with van der Waals surface area (Å²) in [5.74, 6) is -1.33. The van der Waals surface area contributed by atoms with E-state index in [9.17, 15) is 18.4 Å². The lowest BCUT2D eigenvalue weighted by molar-refractivity contribution is -0.119. The molecule has 3 N–H and O–H groups in total. The molecule has 0 saturated carbocycles. The number of aromatic nitrogens is 5.